The van der Waals surface area contributed by atoms with E-state index in [1.807, 2.05) is 49.5 Å². The third-order valence-electron chi connectivity index (χ3n) is 4.72. The van der Waals surface area contributed by atoms with E-state index in [-0.39, 0.29) is 17.7 Å². The number of rotatable bonds is 5. The Morgan fingerprint density at radius 3 is 2.58 bits per heavy atom. The first-order valence-corrected chi connectivity index (χ1v) is 9.04. The van der Waals surface area contributed by atoms with Gasteiger partial charge in [-0.2, -0.15) is 0 Å². The molecule has 0 aromatic heterocycles. The third kappa shape index (κ3) is 4.70. The van der Waals surface area contributed by atoms with Gasteiger partial charge in [-0.05, 0) is 44.1 Å². The number of carbonyl (C=O) groups is 2. The molecule has 1 saturated heterocycles. The molecule has 0 unspecified atom stereocenters. The van der Waals surface area contributed by atoms with Crippen molar-refractivity contribution in [2.75, 3.05) is 25.5 Å². The van der Waals surface area contributed by atoms with Crippen molar-refractivity contribution in [3.8, 4) is 0 Å². The molecule has 2 aromatic carbocycles. The molecule has 0 bridgehead atoms. The molecule has 5 nitrogen and oxygen atoms in total. The summed E-state index contributed by atoms with van der Waals surface area (Å²) in [6.45, 7) is 2.24. The van der Waals surface area contributed by atoms with Crippen molar-refractivity contribution in [3.05, 3.63) is 65.7 Å². The van der Waals surface area contributed by atoms with Crippen LogP contribution < -0.4 is 10.6 Å². The summed E-state index contributed by atoms with van der Waals surface area (Å²) < 4.78 is 0. The number of hydrogen-bond acceptors (Lipinski definition) is 3. The Labute approximate surface area is 154 Å². The molecule has 2 N–H and O–H groups in total. The fourth-order valence-electron chi connectivity index (χ4n) is 3.28. The monoisotopic (exact) mass is 351 g/mol. The van der Waals surface area contributed by atoms with Gasteiger partial charge in [0.05, 0.1) is 17.2 Å². The van der Waals surface area contributed by atoms with Crippen molar-refractivity contribution in [2.24, 2.45) is 5.92 Å². The molecule has 5 heteroatoms. The maximum Gasteiger partial charge on any atom is 0.253 e. The number of nitrogens with zero attached hydrogens (tertiary/aromatic N) is 1. The Balaban J connectivity index is 1.65. The molecule has 2 amide bonds. The van der Waals surface area contributed by atoms with Gasteiger partial charge in [0.2, 0.25) is 5.91 Å². The fraction of sp³-hybridized carbons (Fsp3) is 0.333. The molecule has 26 heavy (non-hydrogen) atoms. The summed E-state index contributed by atoms with van der Waals surface area (Å²) in [7, 11) is 2.03. The maximum absolute atomic E-state index is 12.6. The standard InChI is InChI=1S/C21H25N3O2/c1-24-13-7-10-17(15-24)20(25)23-19-12-6-5-11-18(19)21(26)22-14-16-8-3-2-4-9-16/h2-6,8-9,11-12,17H,7,10,13-15H2,1H3,(H,22,26)(H,23,25)/t17-/m1/s1. The predicted molar refractivity (Wildman–Crippen MR) is 103 cm³/mol. The average Bonchev–Trinajstić information content (AvgIpc) is 2.67. The number of amides is 2. The van der Waals surface area contributed by atoms with Gasteiger partial charge < -0.3 is 15.5 Å². The first kappa shape index (κ1) is 18.1. The Hall–Kier alpha value is -2.66. The van der Waals surface area contributed by atoms with Crippen LogP contribution in [0.3, 0.4) is 0 Å². The van der Waals surface area contributed by atoms with Crippen LogP contribution in [-0.2, 0) is 11.3 Å². The summed E-state index contributed by atoms with van der Waals surface area (Å²) in [5, 5.41) is 5.87. The summed E-state index contributed by atoms with van der Waals surface area (Å²) >= 11 is 0. The molecular weight excluding hydrogens is 326 g/mol. The lowest BCUT2D eigenvalue weighted by Gasteiger charge is -2.28. The fourth-order valence-corrected chi connectivity index (χ4v) is 3.28. The number of carbonyl (C=O) groups excluding carboxylic acids is 2. The lowest BCUT2D eigenvalue weighted by atomic mass is 9.97. The molecule has 1 atom stereocenters. The van der Waals surface area contributed by atoms with Gasteiger partial charge in [0.15, 0.2) is 0 Å². The second-order valence-corrected chi connectivity index (χ2v) is 6.80. The minimum atomic E-state index is -0.189. The van der Waals surface area contributed by atoms with Crippen LogP contribution in [0.25, 0.3) is 0 Å². The van der Waals surface area contributed by atoms with E-state index in [0.717, 1.165) is 31.5 Å². The number of hydrogen-bond donors (Lipinski definition) is 2. The molecule has 3 rings (SSSR count). The number of nitrogens with one attached hydrogen (secondary N) is 2. The highest BCUT2D eigenvalue weighted by Gasteiger charge is 2.25. The minimum Gasteiger partial charge on any atom is -0.348 e. The Morgan fingerprint density at radius 2 is 1.81 bits per heavy atom. The van der Waals surface area contributed by atoms with Gasteiger partial charge in [-0.25, -0.2) is 0 Å². The molecule has 1 aliphatic heterocycles. The van der Waals surface area contributed by atoms with E-state index in [1.54, 1.807) is 12.1 Å². The average molecular weight is 351 g/mol. The van der Waals surface area contributed by atoms with Crippen LogP contribution in [0.15, 0.2) is 54.6 Å². The summed E-state index contributed by atoms with van der Waals surface area (Å²) in [5.74, 6) is -0.237. The van der Waals surface area contributed by atoms with E-state index >= 15 is 0 Å². The molecule has 1 fully saturated rings. The van der Waals surface area contributed by atoms with Crippen LogP contribution in [0.5, 0.6) is 0 Å². The van der Waals surface area contributed by atoms with E-state index < -0.39 is 0 Å². The smallest absolute Gasteiger partial charge is 0.253 e. The van der Waals surface area contributed by atoms with Crippen molar-refractivity contribution in [1.29, 1.82) is 0 Å². The van der Waals surface area contributed by atoms with Gasteiger partial charge in [0.25, 0.3) is 5.91 Å². The summed E-state index contributed by atoms with van der Waals surface area (Å²) in [6, 6.07) is 16.9. The predicted octanol–water partition coefficient (Wildman–Crippen LogP) is 2.90. The molecule has 2 aromatic rings. The second-order valence-electron chi connectivity index (χ2n) is 6.80. The first-order valence-electron chi connectivity index (χ1n) is 9.04. The normalized spacial score (nSPS) is 17.5. The van der Waals surface area contributed by atoms with E-state index in [0.29, 0.717) is 17.8 Å². The summed E-state index contributed by atoms with van der Waals surface area (Å²) in [6.07, 6.45) is 1.91. The topological polar surface area (TPSA) is 61.4 Å². The quantitative estimate of drug-likeness (QED) is 0.871. The van der Waals surface area contributed by atoms with Crippen molar-refractivity contribution in [3.63, 3.8) is 0 Å². The lowest BCUT2D eigenvalue weighted by molar-refractivity contribution is -0.121. The van der Waals surface area contributed by atoms with Crippen molar-refractivity contribution < 1.29 is 9.59 Å². The minimum absolute atomic E-state index is 0.0140. The van der Waals surface area contributed by atoms with Crippen LogP contribution >= 0.6 is 0 Å². The lowest BCUT2D eigenvalue weighted by Crippen LogP contribution is -2.38. The number of anilines is 1. The number of piperidine rings is 1. The van der Waals surface area contributed by atoms with Gasteiger partial charge in [-0.1, -0.05) is 42.5 Å². The zero-order chi connectivity index (χ0) is 18.4. The largest absolute Gasteiger partial charge is 0.348 e. The van der Waals surface area contributed by atoms with E-state index in [2.05, 4.69) is 15.5 Å². The molecule has 1 aliphatic rings. The zero-order valence-electron chi connectivity index (χ0n) is 15.1. The molecular formula is C21H25N3O2. The maximum atomic E-state index is 12.6. The second kappa shape index (κ2) is 8.63. The van der Waals surface area contributed by atoms with Crippen molar-refractivity contribution in [1.82, 2.24) is 10.2 Å². The van der Waals surface area contributed by atoms with Crippen LogP contribution in [-0.4, -0.2) is 36.9 Å². The van der Waals surface area contributed by atoms with Crippen LogP contribution in [0.1, 0.15) is 28.8 Å². The highest BCUT2D eigenvalue weighted by atomic mass is 16.2. The summed E-state index contributed by atoms with van der Waals surface area (Å²) in [5.41, 5.74) is 2.09. The van der Waals surface area contributed by atoms with Crippen molar-refractivity contribution in [2.45, 2.75) is 19.4 Å². The van der Waals surface area contributed by atoms with Crippen LogP contribution in [0.4, 0.5) is 5.69 Å². The highest BCUT2D eigenvalue weighted by Crippen LogP contribution is 2.20. The molecule has 0 aliphatic carbocycles. The van der Waals surface area contributed by atoms with Crippen molar-refractivity contribution >= 4 is 17.5 Å². The van der Waals surface area contributed by atoms with Crippen LogP contribution in [0.2, 0.25) is 0 Å². The number of likely N-dealkylation sites (tertiary alicyclic amines) is 1. The highest BCUT2D eigenvalue weighted by molar-refractivity contribution is 6.04. The Morgan fingerprint density at radius 1 is 1.08 bits per heavy atom. The Bertz CT molecular complexity index is 761. The van der Waals surface area contributed by atoms with Gasteiger partial charge in [-0.15, -0.1) is 0 Å². The number of para-hydroxylation sites is 1. The zero-order valence-corrected chi connectivity index (χ0v) is 15.1. The summed E-state index contributed by atoms with van der Waals surface area (Å²) in [4.78, 5) is 27.3. The van der Waals surface area contributed by atoms with E-state index in [4.69, 9.17) is 0 Å². The van der Waals surface area contributed by atoms with E-state index in [9.17, 15) is 9.59 Å². The number of benzene rings is 2. The molecule has 0 saturated carbocycles. The van der Waals surface area contributed by atoms with Gasteiger partial charge in [0.1, 0.15) is 0 Å². The van der Waals surface area contributed by atoms with Crippen LogP contribution in [0, 0.1) is 5.92 Å². The SMILES string of the molecule is CN1CCC[C@@H](C(=O)Nc2ccccc2C(=O)NCc2ccccc2)C1. The Kier molecular flexibility index (Phi) is 6.02. The molecule has 1 heterocycles. The molecule has 0 spiro atoms. The van der Waals surface area contributed by atoms with Gasteiger partial charge in [0, 0.05) is 13.1 Å². The van der Waals surface area contributed by atoms with Gasteiger partial charge in [-0.3, -0.25) is 9.59 Å². The van der Waals surface area contributed by atoms with Gasteiger partial charge >= 0.3 is 0 Å². The van der Waals surface area contributed by atoms with E-state index in [1.165, 1.54) is 0 Å². The first-order chi connectivity index (χ1) is 12.6. The third-order valence-corrected chi connectivity index (χ3v) is 4.72. The molecule has 136 valence electrons. The molecule has 0 radical (unpaired) electrons.